The van der Waals surface area contributed by atoms with Crippen molar-refractivity contribution < 1.29 is 14.3 Å². The summed E-state index contributed by atoms with van der Waals surface area (Å²) in [4.78, 5) is 31.9. The lowest BCUT2D eigenvalue weighted by atomic mass is 10.1. The third kappa shape index (κ3) is 5.02. The predicted molar refractivity (Wildman–Crippen MR) is 135 cm³/mol. The highest BCUT2D eigenvalue weighted by Crippen LogP contribution is 2.30. The van der Waals surface area contributed by atoms with E-state index >= 15 is 0 Å². The van der Waals surface area contributed by atoms with Crippen molar-refractivity contribution in [3.05, 3.63) is 54.1 Å². The van der Waals surface area contributed by atoms with Gasteiger partial charge in [0.1, 0.15) is 6.04 Å². The molecule has 4 rings (SSSR count). The second-order valence-corrected chi connectivity index (χ2v) is 9.10. The van der Waals surface area contributed by atoms with Gasteiger partial charge in [-0.2, -0.15) is 0 Å². The van der Waals surface area contributed by atoms with Gasteiger partial charge >= 0.3 is 0 Å². The monoisotopic (exact) mass is 466 g/mol. The van der Waals surface area contributed by atoms with Gasteiger partial charge in [-0.05, 0) is 67.9 Å². The van der Waals surface area contributed by atoms with E-state index in [2.05, 4.69) is 5.32 Å². The summed E-state index contributed by atoms with van der Waals surface area (Å²) in [5.41, 5.74) is 3.45. The lowest BCUT2D eigenvalue weighted by Gasteiger charge is -2.26. The van der Waals surface area contributed by atoms with Crippen molar-refractivity contribution in [3.8, 4) is 0 Å². The van der Waals surface area contributed by atoms with Gasteiger partial charge in [0, 0.05) is 38.6 Å². The van der Waals surface area contributed by atoms with Gasteiger partial charge in [0.05, 0.1) is 18.2 Å². The topological polar surface area (TPSA) is 65.1 Å². The number of nitrogens with zero attached hydrogens (tertiary/aromatic N) is 3. The number of hydrogen-bond acceptors (Lipinski definition) is 5. The molecular weight excluding hydrogens is 436 g/mol. The number of ether oxygens (including phenoxy) is 1. The van der Waals surface area contributed by atoms with Crippen molar-refractivity contribution in [2.75, 3.05) is 42.4 Å². The molecule has 0 bridgehead atoms. The van der Waals surface area contributed by atoms with E-state index in [-0.39, 0.29) is 24.3 Å². The first-order valence-electron chi connectivity index (χ1n) is 11.2. The molecule has 2 heterocycles. The van der Waals surface area contributed by atoms with Gasteiger partial charge in [-0.15, -0.1) is 0 Å². The molecule has 2 amide bonds. The van der Waals surface area contributed by atoms with Gasteiger partial charge in [-0.3, -0.25) is 14.5 Å². The summed E-state index contributed by atoms with van der Waals surface area (Å²) in [6.07, 6.45) is 1.95. The molecular formula is C25H30N4O3S. The lowest BCUT2D eigenvalue weighted by molar-refractivity contribution is -0.124. The zero-order valence-electron chi connectivity index (χ0n) is 19.3. The molecule has 2 fully saturated rings. The number of para-hydroxylation sites is 1. The van der Waals surface area contributed by atoms with Crippen LogP contribution in [-0.4, -0.2) is 61.2 Å². The summed E-state index contributed by atoms with van der Waals surface area (Å²) in [5.74, 6) is -0.400. The minimum atomic E-state index is -0.667. The van der Waals surface area contributed by atoms with Crippen LogP contribution in [0.1, 0.15) is 24.8 Å². The van der Waals surface area contributed by atoms with Crippen LogP contribution in [0.15, 0.2) is 48.5 Å². The Morgan fingerprint density at radius 2 is 1.91 bits per heavy atom. The molecule has 174 valence electrons. The van der Waals surface area contributed by atoms with Crippen LogP contribution in [0.25, 0.3) is 0 Å². The second kappa shape index (κ2) is 9.89. The lowest BCUT2D eigenvalue weighted by Crippen LogP contribution is -2.42. The average Bonchev–Trinajstić information content (AvgIpc) is 3.38. The minimum Gasteiger partial charge on any atom is -0.378 e. The SMILES string of the molecule is Cc1ccccc1NC(=O)C[C@H]1C(=O)N(c2ccc(N(C)C)cc2)C(=S)N1C[C@H]1CCCO1. The van der Waals surface area contributed by atoms with Gasteiger partial charge in [0.2, 0.25) is 5.91 Å². The van der Waals surface area contributed by atoms with E-state index in [4.69, 9.17) is 17.0 Å². The molecule has 0 radical (unpaired) electrons. The second-order valence-electron chi connectivity index (χ2n) is 8.74. The van der Waals surface area contributed by atoms with Crippen molar-refractivity contribution in [3.63, 3.8) is 0 Å². The van der Waals surface area contributed by atoms with Gasteiger partial charge in [0.25, 0.3) is 5.91 Å². The summed E-state index contributed by atoms with van der Waals surface area (Å²) in [6.45, 7) is 3.15. The molecule has 0 aliphatic carbocycles. The number of hydrogen-bond donors (Lipinski definition) is 1. The van der Waals surface area contributed by atoms with Crippen LogP contribution in [0.3, 0.4) is 0 Å². The van der Waals surface area contributed by atoms with E-state index in [0.717, 1.165) is 29.8 Å². The summed E-state index contributed by atoms with van der Waals surface area (Å²) < 4.78 is 5.81. The van der Waals surface area contributed by atoms with E-state index in [1.165, 1.54) is 0 Å². The Morgan fingerprint density at radius 1 is 1.18 bits per heavy atom. The number of amides is 2. The van der Waals surface area contributed by atoms with E-state index in [9.17, 15) is 9.59 Å². The highest BCUT2D eigenvalue weighted by molar-refractivity contribution is 7.80. The maximum Gasteiger partial charge on any atom is 0.256 e. The molecule has 0 unspecified atom stereocenters. The molecule has 2 saturated heterocycles. The molecule has 8 heteroatoms. The molecule has 2 atom stereocenters. The Kier molecular flexibility index (Phi) is 6.95. The van der Waals surface area contributed by atoms with Gasteiger partial charge in [-0.1, -0.05) is 18.2 Å². The molecule has 33 heavy (non-hydrogen) atoms. The van der Waals surface area contributed by atoms with Crippen LogP contribution in [0.2, 0.25) is 0 Å². The number of carbonyl (C=O) groups excluding carboxylic acids is 2. The maximum absolute atomic E-state index is 13.5. The molecule has 2 aromatic rings. The molecule has 0 spiro atoms. The van der Waals surface area contributed by atoms with Crippen molar-refractivity contribution in [1.29, 1.82) is 0 Å². The quantitative estimate of drug-likeness (QED) is 0.630. The van der Waals surface area contributed by atoms with Crippen molar-refractivity contribution in [1.82, 2.24) is 4.90 Å². The largest absolute Gasteiger partial charge is 0.378 e. The van der Waals surface area contributed by atoms with Crippen LogP contribution >= 0.6 is 12.2 Å². The van der Waals surface area contributed by atoms with Crippen LogP contribution in [0.4, 0.5) is 17.1 Å². The number of thiocarbonyl (C=S) groups is 1. The van der Waals surface area contributed by atoms with Gasteiger partial charge in [0.15, 0.2) is 5.11 Å². The van der Waals surface area contributed by atoms with Crippen molar-refractivity contribution in [2.24, 2.45) is 0 Å². The van der Waals surface area contributed by atoms with Crippen LogP contribution in [-0.2, 0) is 14.3 Å². The summed E-state index contributed by atoms with van der Waals surface area (Å²) >= 11 is 5.75. The first kappa shape index (κ1) is 23.2. The zero-order chi connectivity index (χ0) is 23.5. The Hall–Kier alpha value is -2.97. The summed E-state index contributed by atoms with van der Waals surface area (Å²) in [5, 5.41) is 3.36. The van der Waals surface area contributed by atoms with Crippen LogP contribution in [0.5, 0.6) is 0 Å². The predicted octanol–water partition coefficient (Wildman–Crippen LogP) is 3.57. The molecule has 2 aliphatic heterocycles. The summed E-state index contributed by atoms with van der Waals surface area (Å²) in [6, 6.07) is 14.6. The minimum absolute atomic E-state index is 0.00810. The third-order valence-electron chi connectivity index (χ3n) is 6.17. The molecule has 7 nitrogen and oxygen atoms in total. The number of anilines is 3. The van der Waals surface area contributed by atoms with E-state index < -0.39 is 6.04 Å². The Morgan fingerprint density at radius 3 is 2.55 bits per heavy atom. The third-order valence-corrected chi connectivity index (χ3v) is 6.58. The molecule has 0 saturated carbocycles. The number of aryl methyl sites for hydroxylation is 1. The highest BCUT2D eigenvalue weighted by Gasteiger charge is 2.45. The average molecular weight is 467 g/mol. The standard InChI is InChI=1S/C25H30N4O3S/c1-17-7-4-5-9-21(17)26-23(30)15-22-24(31)29(19-12-10-18(11-13-19)27(2)3)25(33)28(22)16-20-8-6-14-32-20/h4-5,7,9-13,20,22H,6,8,14-16H2,1-3H3,(H,26,30)/t20-,22+/m1/s1. The normalized spacial score (nSPS) is 20.5. The van der Waals surface area contributed by atoms with Crippen LogP contribution in [0, 0.1) is 6.92 Å². The van der Waals surface area contributed by atoms with E-state index in [1.54, 1.807) is 4.90 Å². The molecule has 2 aliphatic rings. The van der Waals surface area contributed by atoms with Crippen molar-refractivity contribution >= 4 is 46.2 Å². The molecule has 1 N–H and O–H groups in total. The first-order valence-corrected chi connectivity index (χ1v) is 11.6. The molecule has 0 aromatic heterocycles. The number of benzene rings is 2. The Balaban J connectivity index is 1.56. The van der Waals surface area contributed by atoms with Crippen LogP contribution < -0.4 is 15.1 Å². The van der Waals surface area contributed by atoms with E-state index in [0.29, 0.717) is 24.0 Å². The highest BCUT2D eigenvalue weighted by atomic mass is 32.1. The fourth-order valence-electron chi connectivity index (χ4n) is 4.28. The maximum atomic E-state index is 13.5. The number of rotatable bonds is 7. The summed E-state index contributed by atoms with van der Waals surface area (Å²) in [7, 11) is 3.93. The molecule has 2 aromatic carbocycles. The number of carbonyl (C=O) groups is 2. The first-order chi connectivity index (χ1) is 15.8. The zero-order valence-corrected chi connectivity index (χ0v) is 20.1. The smallest absolute Gasteiger partial charge is 0.256 e. The fraction of sp³-hybridized carbons (Fsp3) is 0.400. The van der Waals surface area contributed by atoms with E-state index in [1.807, 2.05) is 79.3 Å². The Labute approximate surface area is 200 Å². The Bertz CT molecular complexity index is 1030. The van der Waals surface area contributed by atoms with Crippen molar-refractivity contribution in [2.45, 2.75) is 38.3 Å². The number of nitrogens with one attached hydrogen (secondary N) is 1. The van der Waals surface area contributed by atoms with Gasteiger partial charge < -0.3 is 19.9 Å². The van der Waals surface area contributed by atoms with Gasteiger partial charge in [-0.25, -0.2) is 0 Å². The fourth-order valence-corrected chi connectivity index (χ4v) is 4.67.